The van der Waals surface area contributed by atoms with E-state index in [9.17, 15) is 9.59 Å². The maximum absolute atomic E-state index is 11.1. The predicted molar refractivity (Wildman–Crippen MR) is 55.0 cm³/mol. The van der Waals surface area contributed by atoms with Crippen LogP contribution in [0.5, 0.6) is 0 Å². The minimum atomic E-state index is -1.07. The molecule has 0 heterocycles. The van der Waals surface area contributed by atoms with Crippen LogP contribution in [0.3, 0.4) is 0 Å². The van der Waals surface area contributed by atoms with Crippen molar-refractivity contribution in [3.8, 4) is 0 Å². The molecule has 0 aromatic rings. The van der Waals surface area contributed by atoms with Gasteiger partial charge in [-0.25, -0.2) is 4.79 Å². The zero-order chi connectivity index (χ0) is 11.1. The average molecular weight is 263 g/mol. The van der Waals surface area contributed by atoms with E-state index >= 15 is 0 Å². The first-order chi connectivity index (χ1) is 6.51. The van der Waals surface area contributed by atoms with Gasteiger partial charge in [0, 0.05) is 5.57 Å². The third kappa shape index (κ3) is 4.81. The first kappa shape index (κ1) is 12.9. The number of carboxylic acids is 1. The zero-order valence-electron chi connectivity index (χ0n) is 7.91. The summed E-state index contributed by atoms with van der Waals surface area (Å²) < 4.78 is 4.45. The van der Waals surface area contributed by atoms with E-state index in [1.807, 2.05) is 0 Å². The Morgan fingerprint density at radius 1 is 1.50 bits per heavy atom. The molecule has 0 aromatic carbocycles. The molecule has 0 unspecified atom stereocenters. The topological polar surface area (TPSA) is 63.6 Å². The highest BCUT2D eigenvalue weighted by molar-refractivity contribution is 9.11. The third-order valence-corrected chi connectivity index (χ3v) is 2.09. The van der Waals surface area contributed by atoms with E-state index < -0.39 is 11.9 Å². The molecule has 0 radical (unpaired) electrons. The summed E-state index contributed by atoms with van der Waals surface area (Å²) in [5.41, 5.74) is 0.861. The molecule has 0 aromatic heterocycles. The van der Waals surface area contributed by atoms with Crippen molar-refractivity contribution in [1.82, 2.24) is 0 Å². The Bertz CT molecular complexity index is 291. The highest BCUT2D eigenvalue weighted by Gasteiger charge is 2.13. The predicted octanol–water partition coefficient (Wildman–Crippen LogP) is 1.86. The van der Waals surface area contributed by atoms with Crippen LogP contribution in [0.2, 0.25) is 0 Å². The van der Waals surface area contributed by atoms with Crippen molar-refractivity contribution in [3.05, 3.63) is 22.2 Å². The maximum Gasteiger partial charge on any atom is 0.334 e. The van der Waals surface area contributed by atoms with Gasteiger partial charge in [-0.15, -0.1) is 0 Å². The Labute approximate surface area is 90.4 Å². The van der Waals surface area contributed by atoms with Crippen LogP contribution < -0.4 is 0 Å². The summed E-state index contributed by atoms with van der Waals surface area (Å²) in [6.45, 7) is 1.74. The summed E-state index contributed by atoms with van der Waals surface area (Å²) in [6.07, 6.45) is 1.12. The van der Waals surface area contributed by atoms with E-state index in [1.54, 1.807) is 11.9 Å². The summed E-state index contributed by atoms with van der Waals surface area (Å²) in [7, 11) is 1.21. The molecule has 4 nitrogen and oxygen atoms in total. The normalized spacial score (nSPS) is 12.5. The standard InChI is InChI=1S/C9H11BrO4/c1-6(5-10)3-7(4-8(11)12)9(13)14-2/h3,5H,4H2,1-2H3,(H,11,12)/b6-5+,7-3+. The number of hydrogen-bond donors (Lipinski definition) is 1. The lowest BCUT2D eigenvalue weighted by molar-refractivity contribution is -0.141. The second kappa shape index (κ2) is 6.37. The number of methoxy groups -OCH3 is 1. The van der Waals surface area contributed by atoms with Crippen molar-refractivity contribution in [2.75, 3.05) is 7.11 Å². The Balaban J connectivity index is 4.80. The van der Waals surface area contributed by atoms with Gasteiger partial charge in [-0.1, -0.05) is 15.9 Å². The maximum atomic E-state index is 11.1. The molecular formula is C9H11BrO4. The lowest BCUT2D eigenvalue weighted by Gasteiger charge is -2.02. The van der Waals surface area contributed by atoms with Gasteiger partial charge in [-0.3, -0.25) is 4.79 Å². The fourth-order valence-electron chi connectivity index (χ4n) is 0.782. The lowest BCUT2D eigenvalue weighted by atomic mass is 10.1. The summed E-state index contributed by atoms with van der Waals surface area (Å²) >= 11 is 3.07. The van der Waals surface area contributed by atoms with Crippen LogP contribution in [-0.4, -0.2) is 24.2 Å². The molecule has 0 aliphatic carbocycles. The van der Waals surface area contributed by atoms with E-state index in [1.165, 1.54) is 13.2 Å². The number of allylic oxidation sites excluding steroid dienone is 2. The van der Waals surface area contributed by atoms with Gasteiger partial charge in [0.25, 0.3) is 0 Å². The number of aliphatic carboxylic acids is 1. The van der Waals surface area contributed by atoms with Gasteiger partial charge in [0.2, 0.25) is 0 Å². The molecule has 0 amide bonds. The molecule has 0 bridgehead atoms. The SMILES string of the molecule is COC(=O)/C(=C/C(C)=C/Br)CC(=O)O. The van der Waals surface area contributed by atoms with Gasteiger partial charge in [-0.05, 0) is 23.6 Å². The zero-order valence-corrected chi connectivity index (χ0v) is 9.50. The molecule has 0 saturated heterocycles. The second-order valence-electron chi connectivity index (χ2n) is 2.58. The molecule has 1 N–H and O–H groups in total. The number of rotatable bonds is 4. The lowest BCUT2D eigenvalue weighted by Crippen LogP contribution is -2.09. The van der Waals surface area contributed by atoms with Gasteiger partial charge >= 0.3 is 11.9 Å². The monoisotopic (exact) mass is 262 g/mol. The fourth-order valence-corrected chi connectivity index (χ4v) is 0.915. The molecule has 0 atom stereocenters. The number of ether oxygens (including phenoxy) is 1. The third-order valence-electron chi connectivity index (χ3n) is 1.36. The summed E-state index contributed by atoms with van der Waals surface area (Å²) in [4.78, 5) is 23.1. The Kier molecular flexibility index (Phi) is 5.87. The average Bonchev–Trinajstić information content (AvgIpc) is 2.14. The largest absolute Gasteiger partial charge is 0.481 e. The van der Waals surface area contributed by atoms with Gasteiger partial charge in [-0.2, -0.15) is 0 Å². The van der Waals surface area contributed by atoms with Crippen molar-refractivity contribution in [2.45, 2.75) is 13.3 Å². The Morgan fingerprint density at radius 2 is 2.07 bits per heavy atom. The molecule has 0 aliphatic rings. The van der Waals surface area contributed by atoms with Crippen LogP contribution >= 0.6 is 15.9 Å². The molecule has 5 heteroatoms. The van der Waals surface area contributed by atoms with Crippen molar-refractivity contribution < 1.29 is 19.4 Å². The molecule has 0 rings (SSSR count). The number of carbonyl (C=O) groups excluding carboxylic acids is 1. The molecular weight excluding hydrogens is 252 g/mol. The van der Waals surface area contributed by atoms with Crippen LogP contribution in [0, 0.1) is 0 Å². The quantitative estimate of drug-likeness (QED) is 0.477. The number of carbonyl (C=O) groups is 2. The molecule has 0 saturated carbocycles. The van der Waals surface area contributed by atoms with Gasteiger partial charge in [0.15, 0.2) is 0 Å². The molecule has 0 fully saturated rings. The number of halogens is 1. The molecule has 78 valence electrons. The van der Waals surface area contributed by atoms with Crippen molar-refractivity contribution in [2.24, 2.45) is 0 Å². The van der Waals surface area contributed by atoms with E-state index in [0.717, 1.165) is 5.57 Å². The van der Waals surface area contributed by atoms with E-state index in [2.05, 4.69) is 20.7 Å². The number of esters is 1. The van der Waals surface area contributed by atoms with Gasteiger partial charge in [0.05, 0.1) is 13.5 Å². The summed E-state index contributed by atoms with van der Waals surface area (Å²) in [5.74, 6) is -1.69. The van der Waals surface area contributed by atoms with E-state index in [0.29, 0.717) is 0 Å². The molecule has 14 heavy (non-hydrogen) atoms. The first-order valence-corrected chi connectivity index (χ1v) is 4.70. The van der Waals surface area contributed by atoms with Gasteiger partial charge in [0.1, 0.15) is 0 Å². The minimum Gasteiger partial charge on any atom is -0.481 e. The highest BCUT2D eigenvalue weighted by atomic mass is 79.9. The molecule has 0 spiro atoms. The van der Waals surface area contributed by atoms with Gasteiger partial charge < -0.3 is 9.84 Å². The van der Waals surface area contributed by atoms with Crippen LogP contribution in [0.25, 0.3) is 0 Å². The van der Waals surface area contributed by atoms with Crippen LogP contribution in [0.4, 0.5) is 0 Å². The Morgan fingerprint density at radius 3 is 2.43 bits per heavy atom. The first-order valence-electron chi connectivity index (χ1n) is 3.79. The Hall–Kier alpha value is -1.10. The summed E-state index contributed by atoms with van der Waals surface area (Å²) in [6, 6.07) is 0. The van der Waals surface area contributed by atoms with Crippen molar-refractivity contribution in [3.63, 3.8) is 0 Å². The van der Waals surface area contributed by atoms with E-state index in [4.69, 9.17) is 5.11 Å². The van der Waals surface area contributed by atoms with Crippen LogP contribution in [-0.2, 0) is 14.3 Å². The molecule has 0 aliphatic heterocycles. The fraction of sp³-hybridized carbons (Fsp3) is 0.333. The highest BCUT2D eigenvalue weighted by Crippen LogP contribution is 2.09. The smallest absolute Gasteiger partial charge is 0.334 e. The summed E-state index contributed by atoms with van der Waals surface area (Å²) in [5, 5.41) is 8.53. The van der Waals surface area contributed by atoms with Crippen LogP contribution in [0.1, 0.15) is 13.3 Å². The van der Waals surface area contributed by atoms with Crippen molar-refractivity contribution in [1.29, 1.82) is 0 Å². The van der Waals surface area contributed by atoms with Crippen molar-refractivity contribution >= 4 is 27.9 Å². The number of carboxylic acid groups (broad SMARTS) is 1. The minimum absolute atomic E-state index is 0.119. The number of hydrogen-bond acceptors (Lipinski definition) is 3. The van der Waals surface area contributed by atoms with Crippen LogP contribution in [0.15, 0.2) is 22.2 Å². The van der Waals surface area contributed by atoms with E-state index in [-0.39, 0.29) is 12.0 Å². The second-order valence-corrected chi connectivity index (χ2v) is 3.04.